The van der Waals surface area contributed by atoms with E-state index in [1.54, 1.807) is 0 Å². The molecule has 9 heteroatoms. The van der Waals surface area contributed by atoms with Gasteiger partial charge in [-0.1, -0.05) is 13.0 Å². The molecule has 1 saturated heterocycles. The van der Waals surface area contributed by atoms with E-state index < -0.39 is 23.6 Å². The maximum Gasteiger partial charge on any atom is 0.433 e. The number of pyridine rings is 1. The second-order valence-electron chi connectivity index (χ2n) is 6.45. The first-order chi connectivity index (χ1) is 13.3. The second kappa shape index (κ2) is 8.14. The molecular weight excluding hydrogens is 376 g/mol. The molecule has 1 aromatic heterocycles. The zero-order valence-corrected chi connectivity index (χ0v) is 15.3. The molecule has 1 aliphatic rings. The molecule has 3 rings (SSSR count). The number of anilines is 2. The molecule has 0 radical (unpaired) electrons. The number of carbonyl (C=O) groups is 1. The molecule has 0 saturated carbocycles. The lowest BCUT2D eigenvalue weighted by molar-refractivity contribution is -0.141. The Bertz CT molecular complexity index is 848. The summed E-state index contributed by atoms with van der Waals surface area (Å²) in [6, 6.07) is 7.25. The van der Waals surface area contributed by atoms with Gasteiger partial charge in [-0.3, -0.25) is 4.79 Å². The fraction of sp³-hybridized carbons (Fsp3) is 0.368. The van der Waals surface area contributed by atoms with Gasteiger partial charge in [0.1, 0.15) is 17.3 Å². The molecule has 1 fully saturated rings. The first-order valence-electron chi connectivity index (χ1n) is 8.90. The SMILES string of the molecule is CCN1CCN(c2ccc(C(=O)Nc3cccc(C(F)(F)F)n3)cc2F)CC1. The summed E-state index contributed by atoms with van der Waals surface area (Å²) in [5, 5.41) is 2.27. The first kappa shape index (κ1) is 20.1. The van der Waals surface area contributed by atoms with Gasteiger partial charge in [0, 0.05) is 31.7 Å². The first-order valence-corrected chi connectivity index (χ1v) is 8.90. The number of likely N-dealkylation sites (N-methyl/N-ethyl adjacent to an activating group) is 1. The van der Waals surface area contributed by atoms with Crippen LogP contribution in [0.3, 0.4) is 0 Å². The lowest BCUT2D eigenvalue weighted by Gasteiger charge is -2.35. The zero-order valence-electron chi connectivity index (χ0n) is 15.3. The highest BCUT2D eigenvalue weighted by molar-refractivity contribution is 6.04. The van der Waals surface area contributed by atoms with Crippen molar-refractivity contribution in [3.05, 3.63) is 53.5 Å². The summed E-state index contributed by atoms with van der Waals surface area (Å²) in [6.45, 7) is 6.05. The van der Waals surface area contributed by atoms with Gasteiger partial charge in [0.15, 0.2) is 0 Å². The molecule has 0 unspecified atom stereocenters. The van der Waals surface area contributed by atoms with Crippen molar-refractivity contribution >= 4 is 17.4 Å². The van der Waals surface area contributed by atoms with Gasteiger partial charge in [-0.25, -0.2) is 9.37 Å². The third kappa shape index (κ3) is 4.59. The molecule has 1 N–H and O–H groups in total. The molecule has 0 aliphatic carbocycles. The minimum atomic E-state index is -4.61. The largest absolute Gasteiger partial charge is 0.433 e. The van der Waals surface area contributed by atoms with E-state index in [1.165, 1.54) is 18.2 Å². The quantitative estimate of drug-likeness (QED) is 0.802. The Morgan fingerprint density at radius 3 is 2.46 bits per heavy atom. The van der Waals surface area contributed by atoms with E-state index in [9.17, 15) is 22.4 Å². The summed E-state index contributed by atoms with van der Waals surface area (Å²) in [5.41, 5.74) is -0.699. The summed E-state index contributed by atoms with van der Waals surface area (Å²) in [4.78, 5) is 19.8. The van der Waals surface area contributed by atoms with Crippen molar-refractivity contribution in [2.24, 2.45) is 0 Å². The summed E-state index contributed by atoms with van der Waals surface area (Å²) in [5.74, 6) is -1.53. The van der Waals surface area contributed by atoms with Crippen LogP contribution in [0.2, 0.25) is 0 Å². The van der Waals surface area contributed by atoms with Crippen LogP contribution in [0.25, 0.3) is 0 Å². The molecule has 28 heavy (non-hydrogen) atoms. The number of benzene rings is 1. The number of hydrogen-bond donors (Lipinski definition) is 1. The van der Waals surface area contributed by atoms with Crippen LogP contribution in [0.4, 0.5) is 29.1 Å². The van der Waals surface area contributed by atoms with Crippen LogP contribution in [0.5, 0.6) is 0 Å². The molecule has 2 aromatic rings. The Morgan fingerprint density at radius 1 is 1.14 bits per heavy atom. The number of hydrogen-bond acceptors (Lipinski definition) is 4. The molecule has 0 spiro atoms. The van der Waals surface area contributed by atoms with Gasteiger partial charge in [0.25, 0.3) is 5.91 Å². The molecule has 0 atom stereocenters. The van der Waals surface area contributed by atoms with Crippen molar-refractivity contribution in [3.8, 4) is 0 Å². The van der Waals surface area contributed by atoms with Gasteiger partial charge in [-0.2, -0.15) is 13.2 Å². The summed E-state index contributed by atoms with van der Waals surface area (Å²) in [6.07, 6.45) is -4.61. The predicted octanol–water partition coefficient (Wildman–Crippen LogP) is 3.63. The van der Waals surface area contributed by atoms with Gasteiger partial charge in [0.05, 0.1) is 5.69 Å². The highest BCUT2D eigenvalue weighted by Crippen LogP contribution is 2.28. The van der Waals surface area contributed by atoms with Crippen LogP contribution < -0.4 is 10.2 Å². The number of aromatic nitrogens is 1. The average molecular weight is 396 g/mol. The van der Waals surface area contributed by atoms with E-state index >= 15 is 0 Å². The molecule has 1 aliphatic heterocycles. The zero-order chi connectivity index (χ0) is 20.3. The van der Waals surface area contributed by atoms with Gasteiger partial charge >= 0.3 is 6.18 Å². The number of piperazine rings is 1. The highest BCUT2D eigenvalue weighted by atomic mass is 19.4. The Kier molecular flexibility index (Phi) is 5.83. The minimum absolute atomic E-state index is 0.00709. The normalized spacial score (nSPS) is 15.5. The van der Waals surface area contributed by atoms with Gasteiger partial charge in [0.2, 0.25) is 0 Å². The minimum Gasteiger partial charge on any atom is -0.367 e. The van der Waals surface area contributed by atoms with Crippen molar-refractivity contribution < 1.29 is 22.4 Å². The third-order valence-corrected chi connectivity index (χ3v) is 4.65. The van der Waals surface area contributed by atoms with Crippen molar-refractivity contribution in [2.45, 2.75) is 13.1 Å². The molecule has 5 nitrogen and oxygen atoms in total. The van der Waals surface area contributed by atoms with Crippen LogP contribution in [0.15, 0.2) is 36.4 Å². The third-order valence-electron chi connectivity index (χ3n) is 4.65. The Balaban J connectivity index is 1.71. The number of carbonyl (C=O) groups excluding carboxylic acids is 1. The van der Waals surface area contributed by atoms with Crippen molar-refractivity contribution in [2.75, 3.05) is 42.9 Å². The highest BCUT2D eigenvalue weighted by Gasteiger charge is 2.32. The number of amides is 1. The van der Waals surface area contributed by atoms with Crippen molar-refractivity contribution in [1.29, 1.82) is 0 Å². The second-order valence-corrected chi connectivity index (χ2v) is 6.45. The van der Waals surface area contributed by atoms with E-state index in [4.69, 9.17) is 0 Å². The number of rotatable bonds is 4. The molecular formula is C19H20F4N4O. The summed E-state index contributed by atoms with van der Waals surface area (Å²) >= 11 is 0. The lowest BCUT2D eigenvalue weighted by atomic mass is 10.1. The molecule has 2 heterocycles. The van der Waals surface area contributed by atoms with Crippen molar-refractivity contribution in [3.63, 3.8) is 0 Å². The Hall–Kier alpha value is -2.68. The van der Waals surface area contributed by atoms with Crippen LogP contribution in [0.1, 0.15) is 23.0 Å². The fourth-order valence-corrected chi connectivity index (χ4v) is 3.06. The molecule has 1 amide bonds. The fourth-order valence-electron chi connectivity index (χ4n) is 3.06. The lowest BCUT2D eigenvalue weighted by Crippen LogP contribution is -2.46. The average Bonchev–Trinajstić information content (AvgIpc) is 2.67. The van der Waals surface area contributed by atoms with E-state index in [0.717, 1.165) is 37.8 Å². The molecule has 150 valence electrons. The maximum atomic E-state index is 14.5. The standard InChI is InChI=1S/C19H20F4N4O/c1-2-26-8-10-27(11-9-26)15-7-6-13(12-14(15)20)18(28)25-17-5-3-4-16(24-17)19(21,22)23/h3-7,12H,2,8-11H2,1H3,(H,24,25,28). The molecule has 0 bridgehead atoms. The van der Waals surface area contributed by atoms with E-state index in [0.29, 0.717) is 18.8 Å². The number of nitrogens with one attached hydrogen (secondary N) is 1. The maximum absolute atomic E-state index is 14.5. The monoisotopic (exact) mass is 396 g/mol. The predicted molar refractivity (Wildman–Crippen MR) is 97.9 cm³/mol. The van der Waals surface area contributed by atoms with E-state index in [1.807, 2.05) is 4.90 Å². The van der Waals surface area contributed by atoms with Gasteiger partial charge in [-0.05, 0) is 36.9 Å². The van der Waals surface area contributed by atoms with Crippen LogP contribution in [-0.2, 0) is 6.18 Å². The van der Waals surface area contributed by atoms with Crippen molar-refractivity contribution in [1.82, 2.24) is 9.88 Å². The Morgan fingerprint density at radius 2 is 1.86 bits per heavy atom. The van der Waals surface area contributed by atoms with Crippen LogP contribution >= 0.6 is 0 Å². The van der Waals surface area contributed by atoms with Gasteiger partial charge in [-0.15, -0.1) is 0 Å². The van der Waals surface area contributed by atoms with Crippen LogP contribution in [-0.4, -0.2) is 48.5 Å². The van der Waals surface area contributed by atoms with E-state index in [2.05, 4.69) is 22.1 Å². The number of alkyl halides is 3. The number of halogens is 4. The van der Waals surface area contributed by atoms with E-state index in [-0.39, 0.29) is 11.4 Å². The topological polar surface area (TPSA) is 48.5 Å². The molecule has 1 aromatic carbocycles. The van der Waals surface area contributed by atoms with Gasteiger partial charge < -0.3 is 15.1 Å². The summed E-state index contributed by atoms with van der Waals surface area (Å²) in [7, 11) is 0. The summed E-state index contributed by atoms with van der Waals surface area (Å²) < 4.78 is 52.7. The number of nitrogens with zero attached hydrogens (tertiary/aromatic N) is 3. The van der Waals surface area contributed by atoms with Crippen LogP contribution in [0, 0.1) is 5.82 Å². The Labute approximate surface area is 160 Å². The smallest absolute Gasteiger partial charge is 0.367 e.